The SMILES string of the molecule is CCOP(=O)(OCC)c1cc(Br)ccc1F. The van der Waals surface area contributed by atoms with Crippen LogP contribution in [0.1, 0.15) is 13.8 Å². The third-order valence-electron chi connectivity index (χ3n) is 1.80. The highest BCUT2D eigenvalue weighted by Gasteiger charge is 2.30. The van der Waals surface area contributed by atoms with Crippen LogP contribution < -0.4 is 5.30 Å². The van der Waals surface area contributed by atoms with Crippen molar-refractivity contribution in [2.45, 2.75) is 13.8 Å². The smallest absolute Gasteiger partial charge is 0.305 e. The standard InChI is InChI=1S/C10H13BrFO3P/c1-3-14-16(13,15-4-2)10-7-8(11)5-6-9(10)12/h5-7H,3-4H2,1-2H3. The van der Waals surface area contributed by atoms with Gasteiger partial charge in [0.2, 0.25) is 0 Å². The van der Waals surface area contributed by atoms with Crippen LogP contribution in [0.5, 0.6) is 0 Å². The minimum absolute atomic E-state index is 0.0365. The lowest BCUT2D eigenvalue weighted by Gasteiger charge is -2.17. The van der Waals surface area contributed by atoms with Gasteiger partial charge in [-0.05, 0) is 32.0 Å². The second-order valence-corrected chi connectivity index (χ2v) is 5.84. The molecule has 0 N–H and O–H groups in total. The predicted octanol–water partition coefficient (Wildman–Crippen LogP) is 3.48. The summed E-state index contributed by atoms with van der Waals surface area (Å²) in [6, 6.07) is 4.17. The van der Waals surface area contributed by atoms with Crippen LogP contribution in [0.4, 0.5) is 4.39 Å². The fourth-order valence-corrected chi connectivity index (χ4v) is 3.42. The van der Waals surface area contributed by atoms with Crippen molar-refractivity contribution in [3.05, 3.63) is 28.5 Å². The molecule has 0 fully saturated rings. The summed E-state index contributed by atoms with van der Waals surface area (Å²) in [5.74, 6) is -0.589. The van der Waals surface area contributed by atoms with Crippen LogP contribution in [0, 0.1) is 5.82 Å². The molecule has 0 aromatic heterocycles. The third-order valence-corrected chi connectivity index (χ3v) is 4.42. The first-order valence-electron chi connectivity index (χ1n) is 4.88. The van der Waals surface area contributed by atoms with Crippen molar-refractivity contribution in [3.8, 4) is 0 Å². The number of hydrogen-bond donors (Lipinski definition) is 0. The first-order chi connectivity index (χ1) is 7.53. The minimum atomic E-state index is -3.54. The maximum absolute atomic E-state index is 13.6. The Morgan fingerprint density at radius 3 is 2.38 bits per heavy atom. The molecule has 0 saturated heterocycles. The molecule has 6 heteroatoms. The predicted molar refractivity (Wildman–Crippen MR) is 64.6 cm³/mol. The normalized spacial score (nSPS) is 11.8. The molecule has 0 heterocycles. The molecule has 16 heavy (non-hydrogen) atoms. The second kappa shape index (κ2) is 5.92. The Labute approximate surface area is 103 Å². The molecule has 3 nitrogen and oxygen atoms in total. The molecule has 1 aromatic rings. The molecule has 0 aliphatic carbocycles. The van der Waals surface area contributed by atoms with Crippen molar-refractivity contribution in [3.63, 3.8) is 0 Å². The fourth-order valence-electron chi connectivity index (χ4n) is 1.21. The van der Waals surface area contributed by atoms with Crippen LogP contribution in [-0.2, 0) is 13.6 Å². The van der Waals surface area contributed by atoms with E-state index in [1.165, 1.54) is 18.2 Å². The largest absolute Gasteiger partial charge is 0.364 e. The summed E-state index contributed by atoms with van der Waals surface area (Å²) in [5, 5.41) is -0.0365. The molecule has 0 atom stereocenters. The highest BCUT2D eigenvalue weighted by atomic mass is 79.9. The van der Waals surface area contributed by atoms with E-state index in [4.69, 9.17) is 9.05 Å². The highest BCUT2D eigenvalue weighted by molar-refractivity contribution is 9.10. The van der Waals surface area contributed by atoms with Gasteiger partial charge in [0.25, 0.3) is 0 Å². The third kappa shape index (κ3) is 3.14. The zero-order chi connectivity index (χ0) is 12.2. The lowest BCUT2D eigenvalue weighted by molar-refractivity contribution is 0.229. The van der Waals surface area contributed by atoms with Gasteiger partial charge in [-0.1, -0.05) is 15.9 Å². The Bertz CT molecular complexity index is 401. The van der Waals surface area contributed by atoms with Gasteiger partial charge in [0.05, 0.1) is 13.2 Å². The Balaban J connectivity index is 3.20. The van der Waals surface area contributed by atoms with Gasteiger partial charge in [0.1, 0.15) is 11.1 Å². The lowest BCUT2D eigenvalue weighted by Crippen LogP contribution is -2.14. The van der Waals surface area contributed by atoms with Gasteiger partial charge in [-0.3, -0.25) is 4.57 Å². The van der Waals surface area contributed by atoms with E-state index in [0.717, 1.165) is 0 Å². The summed E-state index contributed by atoms with van der Waals surface area (Å²) in [7, 11) is -3.54. The number of hydrogen-bond acceptors (Lipinski definition) is 3. The molecule has 0 spiro atoms. The monoisotopic (exact) mass is 310 g/mol. The molecule has 90 valence electrons. The van der Waals surface area contributed by atoms with Crippen molar-refractivity contribution in [1.29, 1.82) is 0 Å². The van der Waals surface area contributed by atoms with E-state index >= 15 is 0 Å². The highest BCUT2D eigenvalue weighted by Crippen LogP contribution is 2.47. The summed E-state index contributed by atoms with van der Waals surface area (Å²) >= 11 is 3.19. The molecule has 0 amide bonds. The molecule has 0 unspecified atom stereocenters. The average Bonchev–Trinajstić information content (AvgIpc) is 2.22. The summed E-state index contributed by atoms with van der Waals surface area (Å²) in [5.41, 5.74) is 0. The topological polar surface area (TPSA) is 35.5 Å². The Kier molecular flexibility index (Phi) is 5.12. The second-order valence-electron chi connectivity index (χ2n) is 2.93. The Morgan fingerprint density at radius 2 is 1.88 bits per heavy atom. The molecule has 0 aliphatic heterocycles. The van der Waals surface area contributed by atoms with Crippen LogP contribution in [-0.4, -0.2) is 13.2 Å². The summed E-state index contributed by atoms with van der Waals surface area (Å²) < 4.78 is 36.6. The number of benzene rings is 1. The summed E-state index contributed by atoms with van der Waals surface area (Å²) in [6.45, 7) is 3.76. The summed E-state index contributed by atoms with van der Waals surface area (Å²) in [4.78, 5) is 0. The van der Waals surface area contributed by atoms with E-state index in [1.54, 1.807) is 13.8 Å². The van der Waals surface area contributed by atoms with Crippen LogP contribution in [0.25, 0.3) is 0 Å². The van der Waals surface area contributed by atoms with Crippen molar-refractivity contribution in [2.24, 2.45) is 0 Å². The molecular weight excluding hydrogens is 298 g/mol. The molecule has 1 aromatic carbocycles. The van der Waals surface area contributed by atoms with E-state index in [2.05, 4.69) is 15.9 Å². The minimum Gasteiger partial charge on any atom is -0.305 e. The van der Waals surface area contributed by atoms with Crippen molar-refractivity contribution >= 4 is 28.8 Å². The van der Waals surface area contributed by atoms with Crippen LogP contribution in [0.3, 0.4) is 0 Å². The summed E-state index contributed by atoms with van der Waals surface area (Å²) in [6.07, 6.45) is 0. The first kappa shape index (κ1) is 13.8. The molecule has 0 radical (unpaired) electrons. The van der Waals surface area contributed by atoms with Crippen LogP contribution in [0.15, 0.2) is 22.7 Å². The zero-order valence-electron chi connectivity index (χ0n) is 9.07. The van der Waals surface area contributed by atoms with E-state index < -0.39 is 13.4 Å². The van der Waals surface area contributed by atoms with Crippen molar-refractivity contribution in [2.75, 3.05) is 13.2 Å². The van der Waals surface area contributed by atoms with Crippen molar-refractivity contribution < 1.29 is 18.0 Å². The fraction of sp³-hybridized carbons (Fsp3) is 0.400. The van der Waals surface area contributed by atoms with Gasteiger partial charge < -0.3 is 9.05 Å². The lowest BCUT2D eigenvalue weighted by atomic mass is 10.3. The maximum Gasteiger partial charge on any atom is 0.364 e. The van der Waals surface area contributed by atoms with Gasteiger partial charge >= 0.3 is 7.60 Å². The average molecular weight is 311 g/mol. The maximum atomic E-state index is 13.6. The molecular formula is C10H13BrFO3P. The van der Waals surface area contributed by atoms with Gasteiger partial charge in [-0.2, -0.15) is 0 Å². The Morgan fingerprint density at radius 1 is 1.31 bits per heavy atom. The van der Waals surface area contributed by atoms with E-state index in [-0.39, 0.29) is 18.5 Å². The van der Waals surface area contributed by atoms with Crippen molar-refractivity contribution in [1.82, 2.24) is 0 Å². The van der Waals surface area contributed by atoms with Gasteiger partial charge in [0.15, 0.2) is 0 Å². The molecule has 0 bridgehead atoms. The quantitative estimate of drug-likeness (QED) is 0.781. The molecule has 0 saturated carbocycles. The van der Waals surface area contributed by atoms with E-state index in [9.17, 15) is 8.96 Å². The molecule has 1 rings (SSSR count). The van der Waals surface area contributed by atoms with Crippen LogP contribution in [0.2, 0.25) is 0 Å². The van der Waals surface area contributed by atoms with Gasteiger partial charge in [-0.25, -0.2) is 4.39 Å². The zero-order valence-corrected chi connectivity index (χ0v) is 11.6. The van der Waals surface area contributed by atoms with E-state index in [0.29, 0.717) is 4.47 Å². The van der Waals surface area contributed by atoms with E-state index in [1.807, 2.05) is 0 Å². The Hall–Kier alpha value is -0.220. The molecule has 0 aliphatic rings. The van der Waals surface area contributed by atoms with Crippen LogP contribution >= 0.6 is 23.5 Å². The van der Waals surface area contributed by atoms with Gasteiger partial charge in [0, 0.05) is 4.47 Å². The number of rotatable bonds is 5. The number of halogens is 2. The first-order valence-corrected chi connectivity index (χ1v) is 7.21. The van der Waals surface area contributed by atoms with Gasteiger partial charge in [-0.15, -0.1) is 0 Å².